The van der Waals surface area contributed by atoms with E-state index in [4.69, 9.17) is 23.2 Å². The Morgan fingerprint density at radius 3 is 2.00 bits per heavy atom. The van der Waals surface area contributed by atoms with Crippen LogP contribution in [-0.4, -0.2) is 18.0 Å². The van der Waals surface area contributed by atoms with E-state index in [-0.39, 0.29) is 5.91 Å². The molecule has 0 atom stereocenters. The maximum absolute atomic E-state index is 12.2. The number of anilines is 1. The lowest BCUT2D eigenvalue weighted by Crippen LogP contribution is -2.18. The van der Waals surface area contributed by atoms with E-state index in [9.17, 15) is 9.59 Å². The molecule has 0 aliphatic rings. The van der Waals surface area contributed by atoms with Gasteiger partial charge in [-0.15, -0.1) is 0 Å². The molecule has 3 aromatic rings. The molecule has 3 rings (SSSR count). The lowest BCUT2D eigenvalue weighted by Gasteiger charge is -2.06. The normalized spacial score (nSPS) is 10.6. The van der Waals surface area contributed by atoms with Crippen molar-refractivity contribution in [3.05, 3.63) is 99.5 Å². The van der Waals surface area contributed by atoms with Crippen molar-refractivity contribution in [2.45, 2.75) is 0 Å². The van der Waals surface area contributed by atoms with Crippen LogP contribution >= 0.6 is 23.2 Å². The zero-order valence-corrected chi connectivity index (χ0v) is 16.0. The van der Waals surface area contributed by atoms with E-state index >= 15 is 0 Å². The van der Waals surface area contributed by atoms with Gasteiger partial charge < -0.3 is 5.32 Å². The van der Waals surface area contributed by atoms with Gasteiger partial charge in [-0.1, -0.05) is 47.5 Å². The highest BCUT2D eigenvalue weighted by Crippen LogP contribution is 2.22. The van der Waals surface area contributed by atoms with Crippen LogP contribution in [0.3, 0.4) is 0 Å². The Balaban J connectivity index is 1.61. The summed E-state index contributed by atoms with van der Waals surface area (Å²) < 4.78 is 0. The maximum Gasteiger partial charge on any atom is 0.271 e. The summed E-state index contributed by atoms with van der Waals surface area (Å²) in [6.07, 6.45) is 1.39. The first-order valence-electron chi connectivity index (χ1n) is 8.28. The van der Waals surface area contributed by atoms with Gasteiger partial charge in [0.15, 0.2) is 0 Å². The Labute approximate surface area is 172 Å². The van der Waals surface area contributed by atoms with Crippen molar-refractivity contribution in [2.24, 2.45) is 5.10 Å². The average Bonchev–Trinajstić information content (AvgIpc) is 2.71. The van der Waals surface area contributed by atoms with Crippen LogP contribution in [0.25, 0.3) is 0 Å². The molecule has 2 N–H and O–H groups in total. The van der Waals surface area contributed by atoms with Crippen LogP contribution in [0.1, 0.15) is 26.3 Å². The monoisotopic (exact) mass is 411 g/mol. The highest BCUT2D eigenvalue weighted by atomic mass is 35.5. The Kier molecular flexibility index (Phi) is 6.42. The summed E-state index contributed by atoms with van der Waals surface area (Å²) in [6.45, 7) is 0. The first kappa shape index (κ1) is 19.6. The van der Waals surface area contributed by atoms with E-state index in [1.165, 1.54) is 6.21 Å². The molecule has 5 nitrogen and oxygen atoms in total. The van der Waals surface area contributed by atoms with Crippen molar-refractivity contribution < 1.29 is 9.59 Å². The zero-order chi connectivity index (χ0) is 19.9. The van der Waals surface area contributed by atoms with Crippen LogP contribution < -0.4 is 10.7 Å². The number of carbonyl (C=O) groups excluding carboxylic acids is 2. The minimum atomic E-state index is -0.402. The third-order valence-electron chi connectivity index (χ3n) is 3.80. The van der Waals surface area contributed by atoms with Crippen LogP contribution in [0.2, 0.25) is 10.0 Å². The minimum absolute atomic E-state index is 0.223. The van der Waals surface area contributed by atoms with Gasteiger partial charge in [0, 0.05) is 22.4 Å². The fourth-order valence-electron chi connectivity index (χ4n) is 2.35. The summed E-state index contributed by atoms with van der Waals surface area (Å²) in [5, 5.41) is 7.53. The molecule has 0 aromatic heterocycles. The predicted molar refractivity (Wildman–Crippen MR) is 112 cm³/mol. The molecular weight excluding hydrogens is 397 g/mol. The minimum Gasteiger partial charge on any atom is -0.322 e. The molecule has 0 fully saturated rings. The summed E-state index contributed by atoms with van der Waals surface area (Å²) in [7, 11) is 0. The number of benzene rings is 3. The van der Waals surface area contributed by atoms with Gasteiger partial charge in [-0.2, -0.15) is 5.10 Å². The molecule has 0 aliphatic carbocycles. The van der Waals surface area contributed by atoms with Gasteiger partial charge in [-0.05, 0) is 48.5 Å². The third-order valence-corrected chi connectivity index (χ3v) is 4.46. The van der Waals surface area contributed by atoms with Crippen molar-refractivity contribution in [1.29, 1.82) is 0 Å². The number of hydrogen-bond donors (Lipinski definition) is 2. The van der Waals surface area contributed by atoms with E-state index in [1.807, 2.05) is 6.07 Å². The lowest BCUT2D eigenvalue weighted by molar-refractivity contribution is 0.0954. The predicted octanol–water partition coefficient (Wildman–Crippen LogP) is 5.01. The molecule has 0 aliphatic heterocycles. The van der Waals surface area contributed by atoms with Crippen LogP contribution in [0.4, 0.5) is 5.69 Å². The first-order valence-corrected chi connectivity index (χ1v) is 9.04. The molecule has 0 unspecified atom stereocenters. The van der Waals surface area contributed by atoms with Crippen LogP contribution in [0.15, 0.2) is 77.9 Å². The molecule has 2 amide bonds. The number of nitrogens with zero attached hydrogens (tertiary/aromatic N) is 1. The summed E-state index contributed by atoms with van der Waals surface area (Å²) >= 11 is 12.1. The molecule has 7 heteroatoms. The summed E-state index contributed by atoms with van der Waals surface area (Å²) in [4.78, 5) is 24.3. The van der Waals surface area contributed by atoms with E-state index in [0.717, 1.165) is 0 Å². The molecule has 28 heavy (non-hydrogen) atoms. The molecule has 0 spiro atoms. The number of rotatable bonds is 5. The van der Waals surface area contributed by atoms with Crippen LogP contribution in [0.5, 0.6) is 0 Å². The smallest absolute Gasteiger partial charge is 0.271 e. The molecule has 0 heterocycles. The van der Waals surface area contributed by atoms with Gasteiger partial charge in [0.1, 0.15) is 0 Å². The number of nitrogens with one attached hydrogen (secondary N) is 2. The SMILES string of the molecule is O=C(NN=Cc1c(Cl)cccc1Cl)c1ccc(NC(=O)c2ccccc2)cc1. The zero-order valence-electron chi connectivity index (χ0n) is 14.5. The van der Waals surface area contributed by atoms with Crippen molar-refractivity contribution in [2.75, 3.05) is 5.32 Å². The first-order chi connectivity index (χ1) is 13.5. The number of halogens is 2. The van der Waals surface area contributed by atoms with Gasteiger partial charge >= 0.3 is 0 Å². The standard InChI is InChI=1S/C21H15Cl2N3O2/c22-18-7-4-8-19(23)17(18)13-24-26-21(28)15-9-11-16(12-10-15)25-20(27)14-5-2-1-3-6-14/h1-13H,(H,25,27)(H,26,28). The Morgan fingerprint density at radius 1 is 0.750 bits per heavy atom. The van der Waals surface area contributed by atoms with Gasteiger partial charge in [0.25, 0.3) is 11.8 Å². The van der Waals surface area contributed by atoms with Crippen LogP contribution in [-0.2, 0) is 0 Å². The Hall–Kier alpha value is -3.15. The molecule has 3 aromatic carbocycles. The second kappa shape index (κ2) is 9.17. The van der Waals surface area contributed by atoms with Gasteiger partial charge in [0.2, 0.25) is 0 Å². The number of hydrogen-bond acceptors (Lipinski definition) is 3. The Bertz CT molecular complexity index is 999. The molecule has 140 valence electrons. The second-order valence-electron chi connectivity index (χ2n) is 5.73. The van der Waals surface area contributed by atoms with Gasteiger partial charge in [-0.3, -0.25) is 9.59 Å². The summed E-state index contributed by atoms with van der Waals surface area (Å²) in [6, 6.07) is 20.4. The maximum atomic E-state index is 12.2. The number of carbonyl (C=O) groups is 2. The summed E-state index contributed by atoms with van der Waals surface area (Å²) in [5.41, 5.74) is 4.45. The number of hydrazone groups is 1. The highest BCUT2D eigenvalue weighted by molar-refractivity contribution is 6.38. The lowest BCUT2D eigenvalue weighted by atomic mass is 10.1. The Morgan fingerprint density at radius 2 is 1.36 bits per heavy atom. The molecule has 0 saturated heterocycles. The van der Waals surface area contributed by atoms with E-state index < -0.39 is 5.91 Å². The molecule has 0 bridgehead atoms. The van der Waals surface area contributed by atoms with Crippen LogP contribution in [0, 0.1) is 0 Å². The van der Waals surface area contributed by atoms with E-state index in [1.54, 1.807) is 66.7 Å². The topological polar surface area (TPSA) is 70.6 Å². The fraction of sp³-hybridized carbons (Fsp3) is 0. The van der Waals surface area contributed by atoms with Crippen molar-refractivity contribution >= 4 is 46.9 Å². The fourth-order valence-corrected chi connectivity index (χ4v) is 2.85. The average molecular weight is 412 g/mol. The van der Waals surface area contributed by atoms with Gasteiger partial charge in [-0.25, -0.2) is 5.43 Å². The van der Waals surface area contributed by atoms with Crippen molar-refractivity contribution in [3.8, 4) is 0 Å². The summed E-state index contributed by atoms with van der Waals surface area (Å²) in [5.74, 6) is -0.626. The largest absolute Gasteiger partial charge is 0.322 e. The highest BCUT2D eigenvalue weighted by Gasteiger charge is 2.08. The van der Waals surface area contributed by atoms with E-state index in [0.29, 0.717) is 32.4 Å². The van der Waals surface area contributed by atoms with E-state index in [2.05, 4.69) is 15.8 Å². The quantitative estimate of drug-likeness (QED) is 0.457. The number of amides is 2. The van der Waals surface area contributed by atoms with Crippen molar-refractivity contribution in [1.82, 2.24) is 5.43 Å². The molecule has 0 saturated carbocycles. The second-order valence-corrected chi connectivity index (χ2v) is 6.55. The van der Waals surface area contributed by atoms with Gasteiger partial charge in [0.05, 0.1) is 16.3 Å². The third kappa shape index (κ3) is 4.97. The van der Waals surface area contributed by atoms with Crippen molar-refractivity contribution in [3.63, 3.8) is 0 Å². The molecular formula is C21H15Cl2N3O2. The molecule has 0 radical (unpaired) electrons.